The van der Waals surface area contributed by atoms with Gasteiger partial charge in [0.05, 0.1) is 17.9 Å². The molecule has 7 heteroatoms. The van der Waals surface area contributed by atoms with Crippen LogP contribution in [0.3, 0.4) is 0 Å². The lowest BCUT2D eigenvalue weighted by Gasteiger charge is -2.28. The summed E-state index contributed by atoms with van der Waals surface area (Å²) < 4.78 is 27.6. The predicted octanol–water partition coefficient (Wildman–Crippen LogP) is 3.51. The molecule has 1 saturated heterocycles. The number of nitrogens with one attached hydrogen (secondary N) is 1. The van der Waals surface area contributed by atoms with Gasteiger partial charge in [-0.05, 0) is 50.3 Å². The minimum absolute atomic E-state index is 0.0126. The van der Waals surface area contributed by atoms with Gasteiger partial charge in [0.2, 0.25) is 17.7 Å². The Bertz CT molecular complexity index is 826. The smallest absolute Gasteiger partial charge is 0.243 e. The van der Waals surface area contributed by atoms with Crippen LogP contribution in [0.15, 0.2) is 30.4 Å². The van der Waals surface area contributed by atoms with Crippen LogP contribution in [-0.2, 0) is 14.4 Å². The molecule has 5 nitrogen and oxygen atoms in total. The van der Waals surface area contributed by atoms with Gasteiger partial charge < -0.3 is 5.32 Å². The third-order valence-electron chi connectivity index (χ3n) is 5.63. The average Bonchev–Trinajstić information content (AvgIpc) is 2.92. The van der Waals surface area contributed by atoms with E-state index in [4.69, 9.17) is 0 Å². The molecule has 1 heterocycles. The zero-order chi connectivity index (χ0) is 21.3. The van der Waals surface area contributed by atoms with Gasteiger partial charge in [0.25, 0.3) is 0 Å². The summed E-state index contributed by atoms with van der Waals surface area (Å²) in [5, 5.41) is 2.66. The molecule has 1 aliphatic carbocycles. The fourth-order valence-electron chi connectivity index (χ4n) is 4.14. The number of benzene rings is 1. The molecule has 4 atom stereocenters. The summed E-state index contributed by atoms with van der Waals surface area (Å²) in [5.41, 5.74) is 0.0126. The van der Waals surface area contributed by atoms with Crippen molar-refractivity contribution in [2.75, 3.05) is 0 Å². The van der Waals surface area contributed by atoms with Crippen LogP contribution in [0.1, 0.15) is 51.6 Å². The largest absolute Gasteiger partial charge is 0.348 e. The highest BCUT2D eigenvalue weighted by Crippen LogP contribution is 2.37. The molecule has 0 saturated carbocycles. The van der Waals surface area contributed by atoms with Gasteiger partial charge in [0.1, 0.15) is 17.7 Å². The van der Waals surface area contributed by atoms with Crippen LogP contribution in [0.4, 0.5) is 8.78 Å². The van der Waals surface area contributed by atoms with Gasteiger partial charge >= 0.3 is 0 Å². The summed E-state index contributed by atoms with van der Waals surface area (Å²) in [5.74, 6) is -3.23. The molecule has 1 aromatic rings. The lowest BCUT2D eigenvalue weighted by atomic mass is 9.85. The number of hydrogen-bond donors (Lipinski definition) is 1. The van der Waals surface area contributed by atoms with E-state index < -0.39 is 41.5 Å². The fourth-order valence-corrected chi connectivity index (χ4v) is 4.14. The second-order valence-corrected chi connectivity index (χ2v) is 8.24. The maximum absolute atomic E-state index is 14.1. The summed E-state index contributed by atoms with van der Waals surface area (Å²) in [6, 6.07) is 1.25. The molecular weight excluding hydrogens is 378 g/mol. The second-order valence-electron chi connectivity index (χ2n) is 8.24. The number of likely N-dealkylation sites (tertiary alicyclic amines) is 1. The van der Waals surface area contributed by atoms with Crippen LogP contribution in [0, 0.1) is 29.4 Å². The molecule has 3 amide bonds. The van der Waals surface area contributed by atoms with Crippen LogP contribution < -0.4 is 5.32 Å². The minimum Gasteiger partial charge on any atom is -0.348 e. The molecule has 1 fully saturated rings. The first-order valence-electron chi connectivity index (χ1n) is 9.98. The number of fused-ring (bicyclic) bond motifs is 1. The van der Waals surface area contributed by atoms with Crippen molar-refractivity contribution in [3.05, 3.63) is 47.5 Å². The molecule has 29 heavy (non-hydrogen) atoms. The maximum Gasteiger partial charge on any atom is 0.243 e. The Morgan fingerprint density at radius 2 is 1.69 bits per heavy atom. The Kier molecular flexibility index (Phi) is 6.15. The highest BCUT2D eigenvalue weighted by atomic mass is 19.1. The van der Waals surface area contributed by atoms with Crippen LogP contribution in [0.25, 0.3) is 0 Å². The van der Waals surface area contributed by atoms with E-state index in [1.165, 1.54) is 0 Å². The molecule has 2 aliphatic rings. The molecule has 1 N–H and O–H groups in total. The van der Waals surface area contributed by atoms with Gasteiger partial charge in [0, 0.05) is 5.56 Å². The van der Waals surface area contributed by atoms with Gasteiger partial charge in [-0.3, -0.25) is 19.3 Å². The number of hydrogen-bond acceptors (Lipinski definition) is 3. The molecule has 0 radical (unpaired) electrons. The quantitative estimate of drug-likeness (QED) is 0.583. The first-order chi connectivity index (χ1) is 13.7. The van der Waals surface area contributed by atoms with Crippen molar-refractivity contribution in [1.29, 1.82) is 0 Å². The van der Waals surface area contributed by atoms with Gasteiger partial charge in [-0.2, -0.15) is 0 Å². The van der Waals surface area contributed by atoms with Crippen LogP contribution >= 0.6 is 0 Å². The van der Waals surface area contributed by atoms with E-state index in [9.17, 15) is 23.2 Å². The second kappa shape index (κ2) is 8.43. The lowest BCUT2D eigenvalue weighted by Crippen LogP contribution is -2.51. The van der Waals surface area contributed by atoms with E-state index in [0.717, 1.165) is 23.1 Å². The zero-order valence-corrected chi connectivity index (χ0v) is 16.8. The topological polar surface area (TPSA) is 66.5 Å². The first-order valence-corrected chi connectivity index (χ1v) is 9.98. The van der Waals surface area contributed by atoms with Crippen molar-refractivity contribution < 1.29 is 23.2 Å². The SMILES string of the molecule is CC(C)CC(C(=O)NC(C)c1cc(F)ccc1F)N1C(=O)C2CC=CCC2C1=O. The summed E-state index contributed by atoms with van der Waals surface area (Å²) in [6.45, 7) is 5.34. The maximum atomic E-state index is 14.1. The Hall–Kier alpha value is -2.57. The van der Waals surface area contributed by atoms with Gasteiger partial charge in [0.15, 0.2) is 0 Å². The summed E-state index contributed by atoms with van der Waals surface area (Å²) in [7, 11) is 0. The highest BCUT2D eigenvalue weighted by Gasteiger charge is 2.51. The van der Waals surface area contributed by atoms with Crippen molar-refractivity contribution in [1.82, 2.24) is 10.2 Å². The Morgan fingerprint density at radius 3 is 2.24 bits per heavy atom. The molecule has 1 aliphatic heterocycles. The van der Waals surface area contributed by atoms with E-state index in [1.54, 1.807) is 6.92 Å². The number of allylic oxidation sites excluding steroid dienone is 2. The number of carbonyl (C=O) groups excluding carboxylic acids is 3. The van der Waals surface area contributed by atoms with E-state index in [2.05, 4.69) is 5.32 Å². The van der Waals surface area contributed by atoms with Gasteiger partial charge in [-0.15, -0.1) is 0 Å². The van der Waals surface area contributed by atoms with E-state index in [-0.39, 0.29) is 23.3 Å². The van der Waals surface area contributed by atoms with Gasteiger partial charge in [-0.25, -0.2) is 8.78 Å². The first kappa shape index (κ1) is 21.1. The fraction of sp³-hybridized carbons (Fsp3) is 0.500. The number of imide groups is 1. The number of carbonyl (C=O) groups is 3. The van der Waals surface area contributed by atoms with E-state index >= 15 is 0 Å². The standard InChI is InChI=1S/C22H26F2N2O3/c1-12(2)10-19(26-21(28)15-6-4-5-7-16(15)22(26)29)20(27)25-13(3)17-11-14(23)8-9-18(17)24/h4-5,8-9,11-13,15-16,19H,6-7,10H2,1-3H3,(H,25,27). The molecule has 3 rings (SSSR count). The Balaban J connectivity index is 1.83. The monoisotopic (exact) mass is 404 g/mol. The Labute approximate surface area is 169 Å². The van der Waals surface area contributed by atoms with Crippen LogP contribution in [0.2, 0.25) is 0 Å². The third kappa shape index (κ3) is 4.23. The van der Waals surface area contributed by atoms with E-state index in [1.807, 2.05) is 26.0 Å². The van der Waals surface area contributed by atoms with Crippen LogP contribution in [-0.4, -0.2) is 28.7 Å². The normalized spacial score (nSPS) is 23.3. The number of rotatable bonds is 6. The minimum atomic E-state index is -0.973. The van der Waals surface area contributed by atoms with Crippen molar-refractivity contribution in [2.45, 2.75) is 52.1 Å². The van der Waals surface area contributed by atoms with Gasteiger partial charge in [-0.1, -0.05) is 26.0 Å². The molecule has 1 aromatic carbocycles. The predicted molar refractivity (Wildman–Crippen MR) is 103 cm³/mol. The molecular formula is C22H26F2N2O3. The Morgan fingerprint density at radius 1 is 1.10 bits per heavy atom. The van der Waals surface area contributed by atoms with Crippen molar-refractivity contribution in [3.63, 3.8) is 0 Å². The molecule has 0 aromatic heterocycles. The number of nitrogens with zero attached hydrogens (tertiary/aromatic N) is 1. The summed E-state index contributed by atoms with van der Waals surface area (Å²) >= 11 is 0. The molecule has 0 bridgehead atoms. The molecule has 4 unspecified atom stereocenters. The zero-order valence-electron chi connectivity index (χ0n) is 16.8. The van der Waals surface area contributed by atoms with Crippen molar-refractivity contribution in [3.8, 4) is 0 Å². The molecule has 156 valence electrons. The number of amides is 3. The highest BCUT2D eigenvalue weighted by molar-refractivity contribution is 6.08. The summed E-state index contributed by atoms with van der Waals surface area (Å²) in [6.07, 6.45) is 5.07. The number of halogens is 2. The average molecular weight is 404 g/mol. The van der Waals surface area contributed by atoms with E-state index in [0.29, 0.717) is 19.3 Å². The summed E-state index contributed by atoms with van der Waals surface area (Å²) in [4.78, 5) is 40.0. The van der Waals surface area contributed by atoms with Crippen molar-refractivity contribution >= 4 is 17.7 Å². The van der Waals surface area contributed by atoms with Crippen molar-refractivity contribution in [2.24, 2.45) is 17.8 Å². The molecule has 0 spiro atoms. The third-order valence-corrected chi connectivity index (χ3v) is 5.63. The lowest BCUT2D eigenvalue weighted by molar-refractivity contribution is -0.148. The van der Waals surface area contributed by atoms with Crippen LogP contribution in [0.5, 0.6) is 0 Å².